The molecule has 0 aliphatic heterocycles. The average molecular weight is 339 g/mol. The highest BCUT2D eigenvalue weighted by Gasteiger charge is 2.18. The maximum absolute atomic E-state index is 11.8. The van der Waals surface area contributed by atoms with E-state index in [0.29, 0.717) is 17.1 Å². The van der Waals surface area contributed by atoms with Gasteiger partial charge in [-0.1, -0.05) is 59.6 Å². The van der Waals surface area contributed by atoms with Gasteiger partial charge in [-0.15, -0.1) is 0 Å². The number of halogens is 1. The number of primary amides is 1. The number of aryl methyl sites for hydroxylation is 1. The molecular formula is C20H19ClN2O. The van der Waals surface area contributed by atoms with Crippen LogP contribution in [0.15, 0.2) is 54.6 Å². The first-order chi connectivity index (χ1) is 11.5. The smallest absolute Gasteiger partial charge is 0.250 e. The number of benzene rings is 2. The second-order valence-corrected chi connectivity index (χ2v) is 6.36. The lowest BCUT2D eigenvalue weighted by Crippen LogP contribution is -2.12. The maximum atomic E-state index is 11.8. The number of carbonyl (C=O) groups excluding carboxylic acids is 1. The second kappa shape index (κ2) is 6.54. The Morgan fingerprint density at radius 1 is 1.08 bits per heavy atom. The number of carbonyl (C=O) groups is 1. The standard InChI is InChI=1S/C20H19ClN2O/c1-13-6-5-7-15(10-13)12-23-14(2)17(20(22)24)11-19(23)16-8-3-4-9-18(16)21/h3-11H,12H2,1-2H3,(H2,22,24). The fraction of sp³-hybridized carbons (Fsp3) is 0.150. The summed E-state index contributed by atoms with van der Waals surface area (Å²) < 4.78 is 2.09. The van der Waals surface area contributed by atoms with Gasteiger partial charge in [0.25, 0.3) is 5.91 Å². The molecule has 1 amide bonds. The first-order valence-electron chi connectivity index (χ1n) is 7.77. The number of nitrogens with two attached hydrogens (primary N) is 1. The number of hydrogen-bond acceptors (Lipinski definition) is 1. The fourth-order valence-electron chi connectivity index (χ4n) is 2.98. The van der Waals surface area contributed by atoms with Crippen LogP contribution in [0.5, 0.6) is 0 Å². The van der Waals surface area contributed by atoms with Crippen molar-refractivity contribution in [3.63, 3.8) is 0 Å². The van der Waals surface area contributed by atoms with Crippen LogP contribution in [-0.2, 0) is 6.54 Å². The van der Waals surface area contributed by atoms with Crippen molar-refractivity contribution in [2.24, 2.45) is 5.73 Å². The minimum absolute atomic E-state index is 0.427. The molecule has 2 N–H and O–H groups in total. The summed E-state index contributed by atoms with van der Waals surface area (Å²) in [5.41, 5.74) is 11.1. The molecule has 0 saturated heterocycles. The Balaban J connectivity index is 2.16. The van der Waals surface area contributed by atoms with Crippen LogP contribution in [0.2, 0.25) is 5.02 Å². The highest BCUT2D eigenvalue weighted by molar-refractivity contribution is 6.33. The third kappa shape index (κ3) is 3.08. The normalized spacial score (nSPS) is 10.8. The van der Waals surface area contributed by atoms with Crippen molar-refractivity contribution in [1.29, 1.82) is 0 Å². The number of nitrogens with zero attached hydrogens (tertiary/aromatic N) is 1. The first kappa shape index (κ1) is 16.3. The van der Waals surface area contributed by atoms with E-state index in [1.165, 1.54) is 5.56 Å². The summed E-state index contributed by atoms with van der Waals surface area (Å²) in [7, 11) is 0. The van der Waals surface area contributed by atoms with Crippen LogP contribution in [0, 0.1) is 13.8 Å². The molecule has 4 heteroatoms. The summed E-state index contributed by atoms with van der Waals surface area (Å²) in [6, 6.07) is 17.8. The second-order valence-electron chi connectivity index (χ2n) is 5.95. The molecule has 3 rings (SSSR count). The molecular weight excluding hydrogens is 320 g/mol. The molecule has 1 aromatic heterocycles. The first-order valence-corrected chi connectivity index (χ1v) is 8.15. The van der Waals surface area contributed by atoms with E-state index in [1.807, 2.05) is 43.3 Å². The van der Waals surface area contributed by atoms with Gasteiger partial charge in [-0.3, -0.25) is 4.79 Å². The molecule has 3 aromatic rings. The molecule has 2 aromatic carbocycles. The average Bonchev–Trinajstić information content (AvgIpc) is 2.85. The van der Waals surface area contributed by atoms with Crippen molar-refractivity contribution in [3.05, 3.63) is 82.0 Å². The van der Waals surface area contributed by atoms with Crippen LogP contribution in [0.4, 0.5) is 0 Å². The van der Waals surface area contributed by atoms with Gasteiger partial charge in [0.05, 0.1) is 11.3 Å². The summed E-state index contributed by atoms with van der Waals surface area (Å²) in [4.78, 5) is 11.8. The summed E-state index contributed by atoms with van der Waals surface area (Å²) in [6.45, 7) is 4.63. The molecule has 122 valence electrons. The van der Waals surface area contributed by atoms with Gasteiger partial charge in [0.1, 0.15) is 0 Å². The van der Waals surface area contributed by atoms with Gasteiger partial charge in [-0.05, 0) is 31.5 Å². The lowest BCUT2D eigenvalue weighted by molar-refractivity contribution is 0.0999. The quantitative estimate of drug-likeness (QED) is 0.744. The van der Waals surface area contributed by atoms with Crippen LogP contribution in [0.1, 0.15) is 27.2 Å². The summed E-state index contributed by atoms with van der Waals surface area (Å²) in [6.07, 6.45) is 0. The van der Waals surface area contributed by atoms with Crippen LogP contribution in [-0.4, -0.2) is 10.5 Å². The van der Waals surface area contributed by atoms with Crippen LogP contribution in [0.3, 0.4) is 0 Å². The van der Waals surface area contributed by atoms with Crippen molar-refractivity contribution in [2.75, 3.05) is 0 Å². The topological polar surface area (TPSA) is 48.0 Å². The number of aromatic nitrogens is 1. The van der Waals surface area contributed by atoms with Gasteiger partial charge in [-0.2, -0.15) is 0 Å². The molecule has 0 atom stereocenters. The Kier molecular flexibility index (Phi) is 4.45. The Labute approximate surface area is 146 Å². The summed E-state index contributed by atoms with van der Waals surface area (Å²) >= 11 is 6.37. The van der Waals surface area contributed by atoms with E-state index in [2.05, 4.69) is 29.7 Å². The monoisotopic (exact) mass is 338 g/mol. The van der Waals surface area contributed by atoms with Gasteiger partial charge >= 0.3 is 0 Å². The molecule has 0 saturated carbocycles. The van der Waals surface area contributed by atoms with Gasteiger partial charge in [0, 0.05) is 22.8 Å². The zero-order valence-corrected chi connectivity index (χ0v) is 14.5. The molecule has 0 aliphatic carbocycles. The maximum Gasteiger partial charge on any atom is 0.250 e. The van der Waals surface area contributed by atoms with E-state index in [1.54, 1.807) is 0 Å². The van der Waals surface area contributed by atoms with Crippen molar-refractivity contribution in [2.45, 2.75) is 20.4 Å². The van der Waals surface area contributed by atoms with Crippen LogP contribution < -0.4 is 5.73 Å². The highest BCUT2D eigenvalue weighted by atomic mass is 35.5. The Morgan fingerprint density at radius 3 is 2.50 bits per heavy atom. The molecule has 3 nitrogen and oxygen atoms in total. The van der Waals surface area contributed by atoms with Gasteiger partial charge in [0.15, 0.2) is 0 Å². The summed E-state index contributed by atoms with van der Waals surface area (Å²) in [5, 5.41) is 0.650. The van der Waals surface area contributed by atoms with E-state index in [-0.39, 0.29) is 0 Å². The van der Waals surface area contributed by atoms with Crippen molar-refractivity contribution in [1.82, 2.24) is 4.57 Å². The molecule has 0 radical (unpaired) electrons. The molecule has 24 heavy (non-hydrogen) atoms. The van der Waals surface area contributed by atoms with E-state index >= 15 is 0 Å². The Hall–Kier alpha value is -2.52. The molecule has 0 aliphatic rings. The van der Waals surface area contributed by atoms with E-state index < -0.39 is 5.91 Å². The van der Waals surface area contributed by atoms with Crippen molar-refractivity contribution >= 4 is 17.5 Å². The van der Waals surface area contributed by atoms with Gasteiger partial charge in [0.2, 0.25) is 0 Å². The predicted octanol–water partition coefficient (Wildman–Crippen LogP) is 4.57. The third-order valence-electron chi connectivity index (χ3n) is 4.20. The molecule has 0 fully saturated rings. The van der Waals surface area contributed by atoms with Gasteiger partial charge in [-0.25, -0.2) is 0 Å². The van der Waals surface area contributed by atoms with E-state index in [9.17, 15) is 4.79 Å². The molecule has 0 bridgehead atoms. The minimum atomic E-state index is -0.427. The lowest BCUT2D eigenvalue weighted by atomic mass is 10.1. The zero-order valence-electron chi connectivity index (χ0n) is 13.7. The van der Waals surface area contributed by atoms with Crippen molar-refractivity contribution < 1.29 is 4.79 Å². The largest absolute Gasteiger partial charge is 0.366 e. The molecule has 0 unspecified atom stereocenters. The van der Waals surface area contributed by atoms with E-state index in [4.69, 9.17) is 17.3 Å². The SMILES string of the molecule is Cc1cccc(Cn2c(-c3ccccc3Cl)cc(C(N)=O)c2C)c1. The molecule has 0 spiro atoms. The Bertz CT molecular complexity index is 912. The van der Waals surface area contributed by atoms with Crippen molar-refractivity contribution in [3.8, 4) is 11.3 Å². The van der Waals surface area contributed by atoms with E-state index in [0.717, 1.165) is 22.5 Å². The lowest BCUT2D eigenvalue weighted by Gasteiger charge is -2.13. The minimum Gasteiger partial charge on any atom is -0.366 e. The third-order valence-corrected chi connectivity index (χ3v) is 4.53. The Morgan fingerprint density at radius 2 is 1.83 bits per heavy atom. The highest BCUT2D eigenvalue weighted by Crippen LogP contribution is 2.32. The number of rotatable bonds is 4. The molecule has 1 heterocycles. The summed E-state index contributed by atoms with van der Waals surface area (Å²) in [5.74, 6) is -0.427. The van der Waals surface area contributed by atoms with Crippen LogP contribution in [0.25, 0.3) is 11.3 Å². The zero-order chi connectivity index (χ0) is 17.3. The van der Waals surface area contributed by atoms with Crippen LogP contribution >= 0.6 is 11.6 Å². The predicted molar refractivity (Wildman–Crippen MR) is 98.4 cm³/mol. The number of hydrogen-bond donors (Lipinski definition) is 1. The fourth-order valence-corrected chi connectivity index (χ4v) is 3.22. The van der Waals surface area contributed by atoms with Gasteiger partial charge < -0.3 is 10.3 Å². The number of amides is 1.